The summed E-state index contributed by atoms with van der Waals surface area (Å²) < 4.78 is 5.20. The largest absolute Gasteiger partial charge is 0.481 e. The Hall–Kier alpha value is -1.30. The van der Waals surface area contributed by atoms with E-state index in [2.05, 4.69) is 5.32 Å². The average molecular weight is 286 g/mol. The fourth-order valence-electron chi connectivity index (χ4n) is 2.58. The molecule has 2 N–H and O–H groups in total. The van der Waals surface area contributed by atoms with E-state index in [1.807, 2.05) is 6.92 Å². The van der Waals surface area contributed by atoms with Crippen LogP contribution in [-0.4, -0.2) is 55.4 Å². The summed E-state index contributed by atoms with van der Waals surface area (Å²) in [7, 11) is 1.71. The molecule has 0 heterocycles. The van der Waals surface area contributed by atoms with Gasteiger partial charge >= 0.3 is 12.0 Å². The maximum atomic E-state index is 11.9. The molecule has 6 nitrogen and oxygen atoms in total. The van der Waals surface area contributed by atoms with E-state index in [0.717, 1.165) is 25.7 Å². The first-order chi connectivity index (χ1) is 9.56. The number of nitrogens with one attached hydrogen (secondary N) is 1. The Morgan fingerprint density at radius 2 is 2.05 bits per heavy atom. The van der Waals surface area contributed by atoms with Crippen LogP contribution in [0.1, 0.15) is 32.6 Å². The Bertz CT molecular complexity index is 322. The third kappa shape index (κ3) is 5.36. The number of ether oxygens (including phenoxy) is 1. The smallest absolute Gasteiger partial charge is 0.317 e. The van der Waals surface area contributed by atoms with Crippen LogP contribution in [0.4, 0.5) is 4.79 Å². The molecule has 116 valence electrons. The number of carboxylic acids is 1. The van der Waals surface area contributed by atoms with Crippen molar-refractivity contribution in [2.75, 3.05) is 33.4 Å². The third-order valence-corrected chi connectivity index (χ3v) is 3.86. The Balaban J connectivity index is 2.33. The summed E-state index contributed by atoms with van der Waals surface area (Å²) in [5.74, 6) is -1.02. The predicted molar refractivity (Wildman–Crippen MR) is 75.6 cm³/mol. The van der Waals surface area contributed by atoms with Crippen LogP contribution in [-0.2, 0) is 9.53 Å². The fourth-order valence-corrected chi connectivity index (χ4v) is 2.58. The van der Waals surface area contributed by atoms with Crippen molar-refractivity contribution in [2.24, 2.45) is 11.8 Å². The van der Waals surface area contributed by atoms with E-state index in [-0.39, 0.29) is 17.9 Å². The van der Waals surface area contributed by atoms with E-state index < -0.39 is 5.97 Å². The first kappa shape index (κ1) is 16.8. The quantitative estimate of drug-likeness (QED) is 0.696. The molecule has 1 aliphatic rings. The molecule has 1 rings (SSSR count). The van der Waals surface area contributed by atoms with Crippen LogP contribution < -0.4 is 5.32 Å². The number of amides is 2. The van der Waals surface area contributed by atoms with Gasteiger partial charge in [-0.15, -0.1) is 0 Å². The van der Waals surface area contributed by atoms with Gasteiger partial charge in [0.05, 0.1) is 12.5 Å². The van der Waals surface area contributed by atoms with Crippen LogP contribution >= 0.6 is 0 Å². The SMILES string of the molecule is CCOCCN(C)C(=O)NCC1CCCCC1C(=O)O. The monoisotopic (exact) mass is 286 g/mol. The fraction of sp³-hybridized carbons (Fsp3) is 0.857. The second-order valence-corrected chi connectivity index (χ2v) is 5.29. The summed E-state index contributed by atoms with van der Waals surface area (Å²) in [6, 6.07) is -0.167. The summed E-state index contributed by atoms with van der Waals surface area (Å²) in [6.07, 6.45) is 3.61. The molecule has 0 aromatic carbocycles. The first-order valence-electron chi connectivity index (χ1n) is 7.35. The van der Waals surface area contributed by atoms with Gasteiger partial charge in [0.1, 0.15) is 0 Å². The minimum Gasteiger partial charge on any atom is -0.481 e. The third-order valence-electron chi connectivity index (χ3n) is 3.86. The van der Waals surface area contributed by atoms with E-state index in [1.54, 1.807) is 11.9 Å². The van der Waals surface area contributed by atoms with Gasteiger partial charge in [-0.05, 0) is 25.7 Å². The summed E-state index contributed by atoms with van der Waals surface area (Å²) in [5.41, 5.74) is 0. The molecule has 0 aliphatic heterocycles. The van der Waals surface area contributed by atoms with Crippen molar-refractivity contribution in [3.63, 3.8) is 0 Å². The lowest BCUT2D eigenvalue weighted by atomic mass is 9.79. The molecule has 0 bridgehead atoms. The van der Waals surface area contributed by atoms with Crippen molar-refractivity contribution in [3.05, 3.63) is 0 Å². The number of carbonyl (C=O) groups is 2. The standard InChI is InChI=1S/C14H26N2O4/c1-3-20-9-8-16(2)14(19)15-10-11-6-4-5-7-12(11)13(17)18/h11-12H,3-10H2,1-2H3,(H,15,19)(H,17,18). The van der Waals surface area contributed by atoms with Crippen LogP contribution in [0.25, 0.3) is 0 Å². The van der Waals surface area contributed by atoms with Gasteiger partial charge in [-0.2, -0.15) is 0 Å². The molecule has 0 radical (unpaired) electrons. The lowest BCUT2D eigenvalue weighted by Gasteiger charge is -2.29. The van der Waals surface area contributed by atoms with Crippen molar-refractivity contribution in [2.45, 2.75) is 32.6 Å². The Labute approximate surface area is 120 Å². The number of hydrogen-bond donors (Lipinski definition) is 2. The number of rotatable bonds is 7. The van der Waals surface area contributed by atoms with Gasteiger partial charge in [0, 0.05) is 26.7 Å². The molecule has 1 aliphatic carbocycles. The predicted octanol–water partition coefficient (Wildman–Crippen LogP) is 1.56. The molecule has 2 atom stereocenters. The molecule has 0 spiro atoms. The number of carboxylic acid groups (broad SMARTS) is 1. The maximum absolute atomic E-state index is 11.9. The minimum absolute atomic E-state index is 0.0468. The number of hydrogen-bond acceptors (Lipinski definition) is 3. The highest BCUT2D eigenvalue weighted by atomic mass is 16.5. The van der Waals surface area contributed by atoms with E-state index in [1.165, 1.54) is 0 Å². The highest BCUT2D eigenvalue weighted by Crippen LogP contribution is 2.29. The summed E-state index contributed by atoms with van der Waals surface area (Å²) in [4.78, 5) is 24.6. The van der Waals surface area contributed by atoms with Crippen LogP contribution in [0.3, 0.4) is 0 Å². The van der Waals surface area contributed by atoms with Gasteiger partial charge in [0.15, 0.2) is 0 Å². The van der Waals surface area contributed by atoms with Crippen molar-refractivity contribution < 1.29 is 19.4 Å². The second kappa shape index (κ2) is 8.79. The van der Waals surface area contributed by atoms with Crippen molar-refractivity contribution in [3.8, 4) is 0 Å². The summed E-state index contributed by atoms with van der Waals surface area (Å²) >= 11 is 0. The lowest BCUT2D eigenvalue weighted by Crippen LogP contribution is -2.43. The van der Waals surface area contributed by atoms with E-state index in [0.29, 0.717) is 26.3 Å². The summed E-state index contributed by atoms with van der Waals surface area (Å²) in [5, 5.41) is 12.0. The average Bonchev–Trinajstić information content (AvgIpc) is 2.45. The molecule has 6 heteroatoms. The van der Waals surface area contributed by atoms with Gasteiger partial charge in [-0.25, -0.2) is 4.79 Å². The highest BCUT2D eigenvalue weighted by molar-refractivity contribution is 5.74. The van der Waals surface area contributed by atoms with Gasteiger partial charge < -0.3 is 20.1 Å². The number of likely N-dealkylation sites (N-methyl/N-ethyl adjacent to an activating group) is 1. The van der Waals surface area contributed by atoms with Gasteiger partial charge in [-0.1, -0.05) is 12.8 Å². The normalized spacial score (nSPS) is 22.3. The molecule has 0 aromatic rings. The Morgan fingerprint density at radius 3 is 2.70 bits per heavy atom. The highest BCUT2D eigenvalue weighted by Gasteiger charge is 2.30. The van der Waals surface area contributed by atoms with Crippen molar-refractivity contribution in [1.82, 2.24) is 10.2 Å². The Morgan fingerprint density at radius 1 is 1.35 bits per heavy atom. The van der Waals surface area contributed by atoms with Crippen LogP contribution in [0.5, 0.6) is 0 Å². The van der Waals surface area contributed by atoms with Crippen molar-refractivity contribution >= 4 is 12.0 Å². The number of aliphatic carboxylic acids is 1. The zero-order chi connectivity index (χ0) is 15.0. The number of urea groups is 1. The van der Waals surface area contributed by atoms with E-state index in [4.69, 9.17) is 4.74 Å². The topological polar surface area (TPSA) is 78.9 Å². The molecule has 2 unspecified atom stereocenters. The molecule has 0 saturated heterocycles. The zero-order valence-corrected chi connectivity index (χ0v) is 12.4. The van der Waals surface area contributed by atoms with Crippen LogP contribution in [0.15, 0.2) is 0 Å². The van der Waals surface area contributed by atoms with Crippen LogP contribution in [0.2, 0.25) is 0 Å². The molecule has 0 aromatic heterocycles. The molecule has 1 saturated carbocycles. The van der Waals surface area contributed by atoms with Gasteiger partial charge in [-0.3, -0.25) is 4.79 Å². The van der Waals surface area contributed by atoms with E-state index >= 15 is 0 Å². The first-order valence-corrected chi connectivity index (χ1v) is 7.35. The number of nitrogens with zero attached hydrogens (tertiary/aromatic N) is 1. The van der Waals surface area contributed by atoms with Crippen LogP contribution in [0, 0.1) is 11.8 Å². The van der Waals surface area contributed by atoms with E-state index in [9.17, 15) is 14.7 Å². The second-order valence-electron chi connectivity index (χ2n) is 5.29. The molecule has 2 amide bonds. The lowest BCUT2D eigenvalue weighted by molar-refractivity contribution is -0.144. The summed E-state index contributed by atoms with van der Waals surface area (Å²) in [6.45, 7) is 4.04. The molecule has 20 heavy (non-hydrogen) atoms. The molecular weight excluding hydrogens is 260 g/mol. The zero-order valence-electron chi connectivity index (χ0n) is 12.4. The number of carbonyl (C=O) groups excluding carboxylic acids is 1. The molecular formula is C14H26N2O4. The van der Waals surface area contributed by atoms with Gasteiger partial charge in [0.25, 0.3) is 0 Å². The minimum atomic E-state index is -0.742. The Kier molecular flexibility index (Phi) is 7.36. The maximum Gasteiger partial charge on any atom is 0.317 e. The van der Waals surface area contributed by atoms with Crippen molar-refractivity contribution in [1.29, 1.82) is 0 Å². The molecule has 1 fully saturated rings. The van der Waals surface area contributed by atoms with Gasteiger partial charge in [0.2, 0.25) is 0 Å².